The Balaban J connectivity index is 1.50. The van der Waals surface area contributed by atoms with Gasteiger partial charge in [0.15, 0.2) is 5.58 Å². The van der Waals surface area contributed by atoms with E-state index < -0.39 is 0 Å². The fourth-order valence-electron chi connectivity index (χ4n) is 4.17. The number of carbonyl (C=O) groups is 2. The van der Waals surface area contributed by atoms with E-state index in [2.05, 4.69) is 10.3 Å². The van der Waals surface area contributed by atoms with Gasteiger partial charge in [0.05, 0.1) is 5.52 Å². The van der Waals surface area contributed by atoms with Crippen LogP contribution in [0.3, 0.4) is 0 Å². The van der Waals surface area contributed by atoms with Gasteiger partial charge in [0.1, 0.15) is 0 Å². The molecule has 0 unspecified atom stereocenters. The quantitative estimate of drug-likeness (QED) is 0.801. The first-order chi connectivity index (χ1) is 12.6. The normalized spacial score (nSPS) is 23.3. The Hall–Kier alpha value is -2.15. The summed E-state index contributed by atoms with van der Waals surface area (Å²) in [7, 11) is 0. The lowest BCUT2D eigenvalue weighted by atomic mass is 9.77. The molecule has 1 aliphatic carbocycles. The average molecular weight is 373 g/mol. The van der Waals surface area contributed by atoms with E-state index in [1.807, 2.05) is 17.0 Å². The molecule has 2 aliphatic rings. The van der Waals surface area contributed by atoms with Crippen LogP contribution < -0.4 is 5.32 Å². The molecule has 1 saturated carbocycles. The first kappa shape index (κ1) is 17.3. The second-order valence-corrected chi connectivity index (χ2v) is 7.62. The summed E-state index contributed by atoms with van der Waals surface area (Å²) in [6, 6.07) is 5.42. The molecule has 7 heteroatoms. The molecule has 1 saturated heterocycles. The Morgan fingerprint density at radius 2 is 1.85 bits per heavy atom. The number of likely N-dealkylation sites (tertiary alicyclic amines) is 1. The van der Waals surface area contributed by atoms with Crippen molar-refractivity contribution in [3.63, 3.8) is 0 Å². The SMILES string of the molecule is O=C(Nc1ccc2[nH]c(=S)oc2c1)[C@@H]1CCCC[C@@H]1C(=O)N1CCCC1. The van der Waals surface area contributed by atoms with Crippen LogP contribution in [0.25, 0.3) is 11.1 Å². The van der Waals surface area contributed by atoms with Crippen molar-refractivity contribution in [3.8, 4) is 0 Å². The first-order valence-corrected chi connectivity index (χ1v) is 9.75. The summed E-state index contributed by atoms with van der Waals surface area (Å²) in [6.07, 6.45) is 5.72. The molecule has 4 rings (SSSR count). The number of carbonyl (C=O) groups excluding carboxylic acids is 2. The van der Waals surface area contributed by atoms with E-state index in [1.165, 1.54) is 0 Å². The number of hydrogen-bond donors (Lipinski definition) is 2. The number of benzene rings is 1. The van der Waals surface area contributed by atoms with Crippen molar-refractivity contribution in [2.45, 2.75) is 38.5 Å². The van der Waals surface area contributed by atoms with Crippen LogP contribution in [0, 0.1) is 16.7 Å². The van der Waals surface area contributed by atoms with Gasteiger partial charge >= 0.3 is 0 Å². The number of nitrogens with one attached hydrogen (secondary N) is 2. The summed E-state index contributed by atoms with van der Waals surface area (Å²) in [6.45, 7) is 1.66. The number of amides is 2. The summed E-state index contributed by atoms with van der Waals surface area (Å²) in [5.74, 6) is -0.364. The third-order valence-electron chi connectivity index (χ3n) is 5.53. The highest BCUT2D eigenvalue weighted by atomic mass is 32.1. The number of aromatic nitrogens is 1. The molecule has 26 heavy (non-hydrogen) atoms. The topological polar surface area (TPSA) is 78.3 Å². The molecule has 2 aromatic rings. The minimum absolute atomic E-state index is 0.0734. The molecule has 2 heterocycles. The van der Waals surface area contributed by atoms with Gasteiger partial charge in [-0.1, -0.05) is 12.8 Å². The molecule has 2 amide bonds. The average Bonchev–Trinajstić information content (AvgIpc) is 3.29. The van der Waals surface area contributed by atoms with Crippen molar-refractivity contribution in [2.75, 3.05) is 18.4 Å². The van der Waals surface area contributed by atoms with Gasteiger partial charge in [0.2, 0.25) is 11.8 Å². The Bertz CT molecular complexity index is 882. The molecule has 2 atom stereocenters. The summed E-state index contributed by atoms with van der Waals surface area (Å²) in [5, 5.41) is 2.97. The molecule has 6 nitrogen and oxygen atoms in total. The van der Waals surface area contributed by atoms with Crippen LogP contribution in [0.1, 0.15) is 38.5 Å². The highest BCUT2D eigenvalue weighted by Gasteiger charge is 2.38. The maximum Gasteiger partial charge on any atom is 0.266 e. The standard InChI is InChI=1S/C19H23N3O3S/c23-17(20-12-7-8-15-16(11-12)25-19(26)21-15)13-5-1-2-6-14(13)18(24)22-9-3-4-10-22/h7-8,11,13-14H,1-6,9-10H2,(H,20,23)(H,21,26)/t13-,14+/m1/s1. The van der Waals surface area contributed by atoms with Gasteiger partial charge in [-0.15, -0.1) is 0 Å². The smallest absolute Gasteiger partial charge is 0.266 e. The van der Waals surface area contributed by atoms with E-state index >= 15 is 0 Å². The zero-order valence-electron chi connectivity index (χ0n) is 14.6. The zero-order chi connectivity index (χ0) is 18.1. The highest BCUT2D eigenvalue weighted by Crippen LogP contribution is 2.33. The molecule has 2 N–H and O–H groups in total. The molecule has 1 aliphatic heterocycles. The molecule has 1 aromatic heterocycles. The number of aromatic amines is 1. The lowest BCUT2D eigenvalue weighted by molar-refractivity contribution is -0.141. The second kappa shape index (κ2) is 7.23. The molecule has 0 bridgehead atoms. The van der Waals surface area contributed by atoms with Crippen LogP contribution in [0.4, 0.5) is 5.69 Å². The minimum Gasteiger partial charge on any atom is -0.429 e. The Labute approximate surface area is 156 Å². The molecular formula is C19H23N3O3S. The number of oxazole rings is 1. The number of hydrogen-bond acceptors (Lipinski definition) is 4. The van der Waals surface area contributed by atoms with Gasteiger partial charge in [-0.25, -0.2) is 0 Å². The van der Waals surface area contributed by atoms with Gasteiger partial charge in [0, 0.05) is 36.7 Å². The first-order valence-electron chi connectivity index (χ1n) is 9.34. The highest BCUT2D eigenvalue weighted by molar-refractivity contribution is 7.71. The monoisotopic (exact) mass is 373 g/mol. The molecule has 1 aromatic carbocycles. The van der Waals surface area contributed by atoms with Crippen LogP contribution in [-0.4, -0.2) is 34.8 Å². The largest absolute Gasteiger partial charge is 0.429 e. The van der Waals surface area contributed by atoms with Gasteiger partial charge < -0.3 is 19.6 Å². The van der Waals surface area contributed by atoms with Gasteiger partial charge in [0.25, 0.3) is 4.84 Å². The maximum atomic E-state index is 12.9. The van der Waals surface area contributed by atoms with Crippen LogP contribution >= 0.6 is 12.2 Å². The minimum atomic E-state index is -0.259. The van der Waals surface area contributed by atoms with E-state index in [-0.39, 0.29) is 23.7 Å². The van der Waals surface area contributed by atoms with E-state index in [4.69, 9.17) is 16.6 Å². The molecule has 138 valence electrons. The van der Waals surface area contributed by atoms with E-state index in [0.29, 0.717) is 16.1 Å². The van der Waals surface area contributed by atoms with Gasteiger partial charge in [-0.3, -0.25) is 9.59 Å². The van der Waals surface area contributed by atoms with E-state index in [0.717, 1.165) is 57.1 Å². The van der Waals surface area contributed by atoms with Gasteiger partial charge in [-0.2, -0.15) is 0 Å². The third kappa shape index (κ3) is 3.40. The predicted octanol–water partition coefficient (Wildman–Crippen LogP) is 3.86. The van der Waals surface area contributed by atoms with Crippen LogP contribution in [0.5, 0.6) is 0 Å². The van der Waals surface area contributed by atoms with Crippen LogP contribution in [0.2, 0.25) is 0 Å². The Morgan fingerprint density at radius 3 is 2.62 bits per heavy atom. The van der Waals surface area contributed by atoms with E-state index in [9.17, 15) is 9.59 Å². The van der Waals surface area contributed by atoms with Crippen LogP contribution in [-0.2, 0) is 9.59 Å². The van der Waals surface area contributed by atoms with Gasteiger partial charge in [-0.05, 0) is 50.0 Å². The summed E-state index contributed by atoms with van der Waals surface area (Å²) in [5.41, 5.74) is 2.08. The van der Waals surface area contributed by atoms with E-state index in [1.54, 1.807) is 6.07 Å². The zero-order valence-corrected chi connectivity index (χ0v) is 15.4. The number of fused-ring (bicyclic) bond motifs is 1. The summed E-state index contributed by atoms with van der Waals surface area (Å²) >= 11 is 4.99. The molecular weight excluding hydrogens is 350 g/mol. The summed E-state index contributed by atoms with van der Waals surface area (Å²) in [4.78, 5) is 30.9. The van der Waals surface area contributed by atoms with Crippen LogP contribution in [0.15, 0.2) is 22.6 Å². The number of nitrogens with zero attached hydrogens (tertiary/aromatic N) is 1. The molecule has 0 spiro atoms. The predicted molar refractivity (Wildman–Crippen MR) is 101 cm³/mol. The Kier molecular flexibility index (Phi) is 4.80. The lowest BCUT2D eigenvalue weighted by Crippen LogP contribution is -2.42. The van der Waals surface area contributed by atoms with Crippen molar-refractivity contribution in [3.05, 3.63) is 23.0 Å². The van der Waals surface area contributed by atoms with Crippen molar-refractivity contribution in [1.82, 2.24) is 9.88 Å². The number of anilines is 1. The molecule has 2 fully saturated rings. The van der Waals surface area contributed by atoms with Crippen molar-refractivity contribution in [1.29, 1.82) is 0 Å². The lowest BCUT2D eigenvalue weighted by Gasteiger charge is -2.32. The van der Waals surface area contributed by atoms with Crippen molar-refractivity contribution in [2.24, 2.45) is 11.8 Å². The second-order valence-electron chi connectivity index (χ2n) is 7.24. The van der Waals surface area contributed by atoms with Crippen molar-refractivity contribution >= 4 is 40.8 Å². The fourth-order valence-corrected chi connectivity index (χ4v) is 4.37. The number of H-pyrrole nitrogens is 1. The maximum absolute atomic E-state index is 12.9. The third-order valence-corrected chi connectivity index (χ3v) is 5.71. The molecule has 0 radical (unpaired) electrons. The van der Waals surface area contributed by atoms with Crippen molar-refractivity contribution < 1.29 is 14.0 Å². The summed E-state index contributed by atoms with van der Waals surface area (Å²) < 4.78 is 5.41. The number of rotatable bonds is 3. The fraction of sp³-hybridized carbons (Fsp3) is 0.526. The Morgan fingerprint density at radius 1 is 1.12 bits per heavy atom.